The van der Waals surface area contributed by atoms with Gasteiger partial charge in [0.2, 0.25) is 0 Å². The van der Waals surface area contributed by atoms with Gasteiger partial charge in [0.15, 0.2) is 0 Å². The lowest BCUT2D eigenvalue weighted by Gasteiger charge is -2.20. The van der Waals surface area contributed by atoms with Crippen molar-refractivity contribution >= 4 is 22.6 Å². The van der Waals surface area contributed by atoms with Crippen LogP contribution in [0.15, 0.2) is 57.7 Å². The van der Waals surface area contributed by atoms with Gasteiger partial charge >= 0.3 is 17.7 Å². The van der Waals surface area contributed by atoms with Gasteiger partial charge < -0.3 is 14.1 Å². The Labute approximate surface area is 151 Å². The Morgan fingerprint density at radius 2 is 1.78 bits per heavy atom. The zero-order valence-electron chi connectivity index (χ0n) is 14.3. The number of para-hydroxylation sites is 1. The highest BCUT2D eigenvalue weighted by molar-refractivity contribution is 5.97. The van der Waals surface area contributed by atoms with Gasteiger partial charge in [0, 0.05) is 29.8 Å². The number of fused-ring (bicyclic) bond motifs is 1. The summed E-state index contributed by atoms with van der Waals surface area (Å²) in [6.45, 7) is 0. The molecule has 0 fully saturated rings. The SMILES string of the molecule is COc1cc(N(C)C(=O)C(F)(F)F)ccc1-c1cc2ccccc2oc1=O. The van der Waals surface area contributed by atoms with E-state index >= 15 is 0 Å². The lowest BCUT2D eigenvalue weighted by molar-refractivity contribution is -0.170. The summed E-state index contributed by atoms with van der Waals surface area (Å²) in [5.74, 6) is -1.88. The van der Waals surface area contributed by atoms with E-state index in [1.807, 2.05) is 0 Å². The minimum Gasteiger partial charge on any atom is -0.496 e. The van der Waals surface area contributed by atoms with E-state index in [-0.39, 0.29) is 17.0 Å². The topological polar surface area (TPSA) is 59.8 Å². The molecule has 0 aliphatic heterocycles. The molecular formula is C19H14F3NO4. The molecular weight excluding hydrogens is 363 g/mol. The molecule has 0 radical (unpaired) electrons. The molecule has 0 spiro atoms. The van der Waals surface area contributed by atoms with Crippen LogP contribution in [0.25, 0.3) is 22.1 Å². The first-order chi connectivity index (χ1) is 12.7. The van der Waals surface area contributed by atoms with Gasteiger partial charge in [-0.25, -0.2) is 4.79 Å². The van der Waals surface area contributed by atoms with Crippen molar-refractivity contribution in [3.63, 3.8) is 0 Å². The fourth-order valence-electron chi connectivity index (χ4n) is 2.67. The maximum atomic E-state index is 12.6. The normalized spacial score (nSPS) is 11.4. The highest BCUT2D eigenvalue weighted by Gasteiger charge is 2.41. The predicted molar refractivity (Wildman–Crippen MR) is 93.9 cm³/mol. The van der Waals surface area contributed by atoms with Gasteiger partial charge in [-0.15, -0.1) is 0 Å². The van der Waals surface area contributed by atoms with Crippen molar-refractivity contribution in [3.8, 4) is 16.9 Å². The number of ether oxygens (including phenoxy) is 1. The van der Waals surface area contributed by atoms with Gasteiger partial charge in [-0.3, -0.25) is 4.79 Å². The molecule has 27 heavy (non-hydrogen) atoms. The van der Waals surface area contributed by atoms with E-state index in [4.69, 9.17) is 9.15 Å². The molecule has 140 valence electrons. The summed E-state index contributed by atoms with van der Waals surface area (Å²) in [6.07, 6.45) is -5.00. The van der Waals surface area contributed by atoms with Crippen LogP contribution in [0.5, 0.6) is 5.75 Å². The number of nitrogens with zero attached hydrogens (tertiary/aromatic N) is 1. The van der Waals surface area contributed by atoms with Crippen LogP contribution >= 0.6 is 0 Å². The molecule has 0 unspecified atom stereocenters. The standard InChI is InChI=1S/C19H14F3NO4/c1-23(18(25)19(20,21)22)12-7-8-13(16(10-12)26-2)14-9-11-5-3-4-6-15(11)27-17(14)24/h3-10H,1-2H3. The molecule has 5 nitrogen and oxygen atoms in total. The third-order valence-electron chi connectivity index (χ3n) is 4.05. The van der Waals surface area contributed by atoms with Gasteiger partial charge in [-0.05, 0) is 24.3 Å². The molecule has 3 aromatic rings. The van der Waals surface area contributed by atoms with Crippen LogP contribution in [-0.2, 0) is 4.79 Å². The van der Waals surface area contributed by atoms with Gasteiger partial charge in [0.25, 0.3) is 0 Å². The predicted octanol–water partition coefficient (Wildman–Crippen LogP) is 3.99. The van der Waals surface area contributed by atoms with E-state index < -0.39 is 17.7 Å². The number of rotatable bonds is 3. The summed E-state index contributed by atoms with van der Waals surface area (Å²) in [5, 5.41) is 0.683. The first kappa shape index (κ1) is 18.5. The third-order valence-corrected chi connectivity index (χ3v) is 4.05. The number of hydrogen-bond acceptors (Lipinski definition) is 4. The van der Waals surface area contributed by atoms with E-state index in [0.717, 1.165) is 7.05 Å². The van der Waals surface area contributed by atoms with Crippen molar-refractivity contribution in [1.29, 1.82) is 0 Å². The lowest BCUT2D eigenvalue weighted by atomic mass is 10.0. The molecule has 0 atom stereocenters. The third kappa shape index (κ3) is 3.51. The molecule has 0 saturated carbocycles. The average molecular weight is 377 g/mol. The van der Waals surface area contributed by atoms with Crippen LogP contribution < -0.4 is 15.3 Å². The van der Waals surface area contributed by atoms with Crippen LogP contribution in [0, 0.1) is 0 Å². The molecule has 0 bridgehead atoms. The quantitative estimate of drug-likeness (QED) is 0.648. The van der Waals surface area contributed by atoms with Crippen molar-refractivity contribution in [2.45, 2.75) is 6.18 Å². The van der Waals surface area contributed by atoms with Crippen molar-refractivity contribution in [1.82, 2.24) is 0 Å². The van der Waals surface area contributed by atoms with E-state index in [2.05, 4.69) is 0 Å². The first-order valence-corrected chi connectivity index (χ1v) is 7.78. The Kier molecular flexibility index (Phi) is 4.65. The molecule has 0 aliphatic rings. The molecule has 0 saturated heterocycles. The maximum Gasteiger partial charge on any atom is 0.471 e. The number of anilines is 1. The Morgan fingerprint density at radius 3 is 2.44 bits per heavy atom. The van der Waals surface area contributed by atoms with Gasteiger partial charge in [0.05, 0.1) is 12.7 Å². The van der Waals surface area contributed by atoms with Gasteiger partial charge in [0.1, 0.15) is 11.3 Å². The van der Waals surface area contributed by atoms with Crippen molar-refractivity contribution in [2.75, 3.05) is 19.1 Å². The second kappa shape index (κ2) is 6.79. The number of hydrogen-bond donors (Lipinski definition) is 0. The smallest absolute Gasteiger partial charge is 0.471 e. The number of carbonyl (C=O) groups is 1. The Hall–Kier alpha value is -3.29. The zero-order valence-corrected chi connectivity index (χ0v) is 14.3. The minimum absolute atomic E-state index is 0.0249. The maximum absolute atomic E-state index is 12.6. The molecule has 2 aromatic carbocycles. The van der Waals surface area contributed by atoms with Crippen LogP contribution in [0.2, 0.25) is 0 Å². The Bertz CT molecular complexity index is 1070. The summed E-state index contributed by atoms with van der Waals surface area (Å²) < 4.78 is 48.4. The Morgan fingerprint density at radius 1 is 1.07 bits per heavy atom. The number of benzene rings is 2. The van der Waals surface area contributed by atoms with E-state index in [0.29, 0.717) is 21.4 Å². The Balaban J connectivity index is 2.09. The summed E-state index contributed by atoms with van der Waals surface area (Å²) >= 11 is 0. The van der Waals surface area contributed by atoms with Crippen LogP contribution in [-0.4, -0.2) is 26.2 Å². The summed E-state index contributed by atoms with van der Waals surface area (Å²) in [4.78, 5) is 24.2. The van der Waals surface area contributed by atoms with Crippen molar-refractivity contribution in [2.24, 2.45) is 0 Å². The first-order valence-electron chi connectivity index (χ1n) is 7.78. The minimum atomic E-state index is -5.00. The van der Waals surface area contributed by atoms with E-state index in [1.54, 1.807) is 30.3 Å². The van der Waals surface area contributed by atoms with Crippen LogP contribution in [0.3, 0.4) is 0 Å². The average Bonchev–Trinajstić information content (AvgIpc) is 2.65. The van der Waals surface area contributed by atoms with Crippen molar-refractivity contribution in [3.05, 3.63) is 59.0 Å². The second-order valence-corrected chi connectivity index (χ2v) is 5.73. The van der Waals surface area contributed by atoms with E-state index in [1.165, 1.54) is 25.3 Å². The summed E-state index contributed by atoms with van der Waals surface area (Å²) in [6, 6.07) is 12.5. The number of methoxy groups -OCH3 is 1. The molecule has 1 heterocycles. The molecule has 1 aromatic heterocycles. The molecule has 1 amide bonds. The van der Waals surface area contributed by atoms with Gasteiger partial charge in [-0.2, -0.15) is 13.2 Å². The highest BCUT2D eigenvalue weighted by atomic mass is 19.4. The lowest BCUT2D eigenvalue weighted by Crippen LogP contribution is -2.38. The van der Waals surface area contributed by atoms with Crippen LogP contribution in [0.4, 0.5) is 18.9 Å². The largest absolute Gasteiger partial charge is 0.496 e. The van der Waals surface area contributed by atoms with Gasteiger partial charge in [-0.1, -0.05) is 18.2 Å². The molecule has 0 N–H and O–H groups in total. The number of halogens is 3. The fourth-order valence-corrected chi connectivity index (χ4v) is 2.67. The summed E-state index contributed by atoms with van der Waals surface area (Å²) in [7, 11) is 2.32. The van der Waals surface area contributed by atoms with E-state index in [9.17, 15) is 22.8 Å². The number of carbonyl (C=O) groups excluding carboxylic acids is 1. The second-order valence-electron chi connectivity index (χ2n) is 5.73. The zero-order chi connectivity index (χ0) is 19.8. The molecule has 8 heteroatoms. The highest BCUT2D eigenvalue weighted by Crippen LogP contribution is 2.34. The number of amides is 1. The number of alkyl halides is 3. The molecule has 3 rings (SSSR count). The summed E-state index contributed by atoms with van der Waals surface area (Å²) in [5.41, 5.74) is 0.315. The van der Waals surface area contributed by atoms with Crippen molar-refractivity contribution < 1.29 is 27.1 Å². The fraction of sp³-hybridized carbons (Fsp3) is 0.158. The van der Waals surface area contributed by atoms with Crippen LogP contribution in [0.1, 0.15) is 0 Å². The molecule has 0 aliphatic carbocycles. The monoisotopic (exact) mass is 377 g/mol.